The van der Waals surface area contributed by atoms with Gasteiger partial charge in [-0.2, -0.15) is 0 Å². The van der Waals surface area contributed by atoms with Gasteiger partial charge in [-0.25, -0.2) is 19.2 Å². The first-order valence-corrected chi connectivity index (χ1v) is 31.7. The summed E-state index contributed by atoms with van der Waals surface area (Å²) in [6, 6.07) is 6.76. The molecule has 2 saturated heterocycles. The molecule has 2 aromatic carbocycles. The zero-order valence-corrected chi connectivity index (χ0v) is 55.1. The average Bonchev–Trinajstić information content (AvgIpc) is 1.56. The predicted molar refractivity (Wildman–Crippen MR) is 340 cm³/mol. The Labute approximate surface area is 544 Å². The van der Waals surface area contributed by atoms with Crippen molar-refractivity contribution in [2.24, 2.45) is 5.92 Å². The molecule has 4 bridgehead atoms. The number of anilines is 2. The summed E-state index contributed by atoms with van der Waals surface area (Å²) in [4.78, 5) is 139. The molecule has 92 heavy (non-hydrogen) atoms. The number of carbonyl (C=O) groups excluding carboxylic acids is 10. The van der Waals surface area contributed by atoms with Gasteiger partial charge < -0.3 is 63.2 Å². The number of hydrogen-bond acceptors (Lipinski definition) is 19. The van der Waals surface area contributed by atoms with Crippen LogP contribution in [0.5, 0.6) is 5.75 Å². The number of epoxide rings is 1. The Hall–Kier alpha value is -7.98. The molecule has 2 aromatic rings. The van der Waals surface area contributed by atoms with Crippen molar-refractivity contribution in [2.45, 2.75) is 140 Å². The zero-order valence-electron chi connectivity index (χ0n) is 53.5. The molecule has 28 heteroatoms. The third-order valence-corrected chi connectivity index (χ3v) is 18.2. The van der Waals surface area contributed by atoms with E-state index in [1.807, 2.05) is 25.2 Å². The SMILES string of the molecule is COc1cc2cc(c1Cl)N(C)C(=O)C[C@H](OC(=O)[C@H](C)N(C)C(=O)CCSC(=O)N(C)CCN(C)C(=O)OCc1ccc(NC(=O)OC3C=CCCCCC3)c(C(=O)NCCN3C(=O)C=CC3=O)c1)[C@]1(C)O[C@H]1[C@H](C)[C@@H]1C[C@@](O)(NC(=O)O1)[C@H](OC)C=CC=C(C)C2. The van der Waals surface area contributed by atoms with Gasteiger partial charge in [-0.15, -0.1) is 0 Å². The topological polar surface area (TPSA) is 311 Å². The van der Waals surface area contributed by atoms with Gasteiger partial charge in [-0.1, -0.05) is 72.7 Å². The minimum atomic E-state index is -1.91. The van der Waals surface area contributed by atoms with Crippen LogP contribution in [-0.2, 0) is 65.4 Å². The fourth-order valence-electron chi connectivity index (χ4n) is 11.0. The fraction of sp³-hybridized carbons (Fsp3) is 0.531. The summed E-state index contributed by atoms with van der Waals surface area (Å²) in [5.74, 6) is -3.86. The zero-order chi connectivity index (χ0) is 67.2. The van der Waals surface area contributed by atoms with Crippen LogP contribution in [0.15, 0.2) is 78.4 Å². The smallest absolute Gasteiger partial charge is 0.412 e. The Balaban J connectivity index is 0.927. The molecule has 4 N–H and O–H groups in total. The highest BCUT2D eigenvalue weighted by Gasteiger charge is 2.64. The van der Waals surface area contributed by atoms with E-state index in [-0.39, 0.29) is 67.7 Å². The van der Waals surface area contributed by atoms with Crippen LogP contribution in [0.1, 0.15) is 101 Å². The van der Waals surface area contributed by atoms with Crippen LogP contribution >= 0.6 is 23.4 Å². The van der Waals surface area contributed by atoms with E-state index in [1.165, 1.54) is 81.1 Å². The van der Waals surface area contributed by atoms with E-state index in [0.717, 1.165) is 65.6 Å². The minimum Gasteiger partial charge on any atom is -0.495 e. The minimum absolute atomic E-state index is 0.00373. The number of imide groups is 1. The van der Waals surface area contributed by atoms with Crippen LogP contribution in [-0.4, -0.2) is 206 Å². The molecule has 1 aliphatic carbocycles. The maximum atomic E-state index is 14.4. The number of amides is 9. The van der Waals surface area contributed by atoms with Gasteiger partial charge in [-0.3, -0.25) is 44.3 Å². The summed E-state index contributed by atoms with van der Waals surface area (Å²) in [7, 11) is 8.78. The van der Waals surface area contributed by atoms with E-state index >= 15 is 0 Å². The van der Waals surface area contributed by atoms with E-state index in [1.54, 1.807) is 44.2 Å². The average molecular weight is 1320 g/mol. The Morgan fingerprint density at radius 1 is 0.967 bits per heavy atom. The molecule has 26 nitrogen and oxygen atoms in total. The molecule has 4 heterocycles. The summed E-state index contributed by atoms with van der Waals surface area (Å²) in [6.45, 7) is 6.38. The number of hydrogen-bond donors (Lipinski definition) is 4. The Morgan fingerprint density at radius 2 is 1.70 bits per heavy atom. The molecule has 0 saturated carbocycles. The number of esters is 1. The molecule has 5 aliphatic rings. The molecule has 1 unspecified atom stereocenters. The van der Waals surface area contributed by atoms with Gasteiger partial charge >= 0.3 is 24.2 Å². The van der Waals surface area contributed by atoms with Crippen LogP contribution in [0.3, 0.4) is 0 Å². The van der Waals surface area contributed by atoms with E-state index in [0.29, 0.717) is 29.8 Å². The molecule has 0 aromatic heterocycles. The molecule has 0 radical (unpaired) electrons. The molecular formula is C64H83ClN8O18S. The number of fused-ring (bicyclic) bond motifs is 5. The monoisotopic (exact) mass is 1320 g/mol. The number of carbonyl (C=O) groups is 10. The number of ether oxygens (including phenoxy) is 7. The first kappa shape index (κ1) is 71.5. The highest BCUT2D eigenvalue weighted by molar-refractivity contribution is 8.13. The van der Waals surface area contributed by atoms with Crippen molar-refractivity contribution in [2.75, 3.05) is 84.6 Å². The number of halogens is 1. The Kier molecular flexibility index (Phi) is 24.9. The van der Waals surface area contributed by atoms with Gasteiger partial charge in [0.15, 0.2) is 5.72 Å². The summed E-state index contributed by atoms with van der Waals surface area (Å²) < 4.78 is 40.7. The van der Waals surface area contributed by atoms with E-state index in [4.69, 9.17) is 44.8 Å². The number of allylic oxidation sites excluding steroid dienone is 4. The highest BCUT2D eigenvalue weighted by atomic mass is 35.5. The Morgan fingerprint density at radius 3 is 2.41 bits per heavy atom. The van der Waals surface area contributed by atoms with Crippen LogP contribution in [0.2, 0.25) is 5.02 Å². The summed E-state index contributed by atoms with van der Waals surface area (Å²) >= 11 is 7.69. The molecule has 9 amide bonds. The van der Waals surface area contributed by atoms with Crippen molar-refractivity contribution < 1.29 is 86.2 Å². The maximum Gasteiger partial charge on any atom is 0.412 e. The molecular weight excluding hydrogens is 1240 g/mol. The third kappa shape index (κ3) is 18.4. The third-order valence-electron chi connectivity index (χ3n) is 16.9. The lowest BCUT2D eigenvalue weighted by Gasteiger charge is -2.42. The van der Waals surface area contributed by atoms with Gasteiger partial charge in [-0.05, 0) is 94.3 Å². The normalized spacial score (nSPS) is 24.3. The van der Waals surface area contributed by atoms with E-state index < -0.39 is 119 Å². The second kappa shape index (κ2) is 32.0. The number of methoxy groups -OCH3 is 2. The molecule has 9 atom stereocenters. The van der Waals surface area contributed by atoms with Gasteiger partial charge in [0.1, 0.15) is 53.4 Å². The summed E-state index contributed by atoms with van der Waals surface area (Å²) in [5, 5.41) is 19.5. The largest absolute Gasteiger partial charge is 0.495 e. The van der Waals surface area contributed by atoms with Crippen molar-refractivity contribution in [1.29, 1.82) is 0 Å². The molecule has 4 aliphatic heterocycles. The summed E-state index contributed by atoms with van der Waals surface area (Å²) in [5.41, 5.74) is -0.831. The van der Waals surface area contributed by atoms with Gasteiger partial charge in [0, 0.05) is 98.1 Å². The predicted octanol–water partition coefficient (Wildman–Crippen LogP) is 7.05. The second-order valence-electron chi connectivity index (χ2n) is 23.6. The standard InChI is InChI=1S/C64H83ClN8O18S/c1-38-17-16-20-49(86-10)64(84)36-48(89-60(81)68-64)39(2)56-63(4,91-56)50(35-54(77)72(8)46-33-42(31-38)34-47(85-9)55(46)65)90-58(79)40(3)71(7)51(74)25-30-92-62(83)70(6)29-28-69(5)61(82)87-37-41-21-22-45(67-59(80)88-43-18-14-12-11-13-15-19-43)44(32-41)57(78)66-26-27-73-52(75)23-24-53(73)76/h14,16-18,20-24,32-34,39-40,43,48-50,56,84H,11-13,15,19,25-31,35-37H2,1-10H3,(H,66,78)(H,67,80)(H,68,81)/t39-,40+,43?,48+,49-,50+,56+,63+,64+/m1/s1. The highest BCUT2D eigenvalue weighted by Crippen LogP contribution is 2.49. The van der Waals surface area contributed by atoms with Gasteiger partial charge in [0.2, 0.25) is 11.8 Å². The van der Waals surface area contributed by atoms with Crippen LogP contribution in [0.4, 0.5) is 30.6 Å². The number of alkyl carbamates (subject to hydrolysis) is 1. The maximum absolute atomic E-state index is 14.4. The number of benzene rings is 2. The molecule has 500 valence electrons. The van der Waals surface area contributed by atoms with Crippen molar-refractivity contribution in [3.8, 4) is 5.75 Å². The van der Waals surface area contributed by atoms with E-state index in [2.05, 4.69) is 16.0 Å². The lowest BCUT2D eigenvalue weighted by Crippen LogP contribution is -2.63. The number of nitrogens with zero attached hydrogens (tertiary/aromatic N) is 5. The van der Waals surface area contributed by atoms with Crippen molar-refractivity contribution >= 4 is 93.8 Å². The van der Waals surface area contributed by atoms with Crippen LogP contribution < -0.4 is 25.6 Å². The lowest BCUT2D eigenvalue weighted by atomic mass is 9.83. The fourth-order valence-corrected chi connectivity index (χ4v) is 12.1. The summed E-state index contributed by atoms with van der Waals surface area (Å²) in [6.07, 6.45) is 8.48. The number of likely N-dealkylation sites (N-methyl/N-ethyl adjacent to an activating group) is 3. The number of rotatable bonds is 19. The molecule has 2 fully saturated rings. The number of nitrogens with one attached hydrogen (secondary N) is 3. The Bertz CT molecular complexity index is 3230. The first-order chi connectivity index (χ1) is 43.7. The van der Waals surface area contributed by atoms with Crippen molar-refractivity contribution in [3.63, 3.8) is 0 Å². The van der Waals surface area contributed by atoms with Crippen molar-refractivity contribution in [3.05, 3.63) is 100 Å². The molecule has 7 rings (SSSR count). The lowest BCUT2D eigenvalue weighted by molar-refractivity contribution is -0.162. The van der Waals surface area contributed by atoms with Gasteiger partial charge in [0.25, 0.3) is 23.0 Å². The van der Waals surface area contributed by atoms with Crippen LogP contribution in [0, 0.1) is 5.92 Å². The number of thioether (sulfide) groups is 1. The van der Waals surface area contributed by atoms with Crippen molar-refractivity contribution in [1.82, 2.24) is 30.2 Å². The molecule has 0 spiro atoms. The second-order valence-corrected chi connectivity index (χ2v) is 25.0. The van der Waals surface area contributed by atoms with Crippen LogP contribution in [0.25, 0.3) is 0 Å². The quantitative estimate of drug-likeness (QED) is 0.0360. The number of aliphatic hydroxyl groups is 1. The van der Waals surface area contributed by atoms with E-state index in [9.17, 15) is 53.1 Å². The van der Waals surface area contributed by atoms with Gasteiger partial charge in [0.05, 0.1) is 36.6 Å². The first-order valence-electron chi connectivity index (χ1n) is 30.4.